The second-order valence-corrected chi connectivity index (χ2v) is 4.61. The Bertz CT molecular complexity index is 432. The Balaban J connectivity index is 1.69. The van der Waals surface area contributed by atoms with E-state index in [1.807, 2.05) is 10.9 Å². The van der Waals surface area contributed by atoms with E-state index in [9.17, 15) is 0 Å². The number of nitrogens with one attached hydrogen (secondary N) is 1. The molecule has 18 heavy (non-hydrogen) atoms. The minimum absolute atomic E-state index is 0.916. The molecule has 0 unspecified atom stereocenters. The molecule has 2 rings (SSSR count). The minimum Gasteiger partial charge on any atom is -0.348 e. The summed E-state index contributed by atoms with van der Waals surface area (Å²) in [5.41, 5.74) is 2.29. The Morgan fingerprint density at radius 1 is 1.22 bits per heavy atom. The van der Waals surface area contributed by atoms with Gasteiger partial charge in [-0.05, 0) is 25.7 Å². The van der Waals surface area contributed by atoms with Crippen LogP contribution in [0, 0.1) is 0 Å². The van der Waals surface area contributed by atoms with Gasteiger partial charge in [-0.1, -0.05) is 25.0 Å². The lowest BCUT2D eigenvalue weighted by Gasteiger charge is -1.98. The average Bonchev–Trinajstić information content (AvgIpc) is 3.01. The highest BCUT2D eigenvalue weighted by molar-refractivity contribution is 4.94. The first-order valence-electron chi connectivity index (χ1n) is 6.74. The first-order chi connectivity index (χ1) is 8.88. The van der Waals surface area contributed by atoms with Crippen molar-refractivity contribution >= 4 is 0 Å². The Hall–Kier alpha value is -1.65. The molecule has 1 N–H and O–H groups in total. The predicted octanol–water partition coefficient (Wildman–Crippen LogP) is 2.37. The first kappa shape index (κ1) is 12.8. The van der Waals surface area contributed by atoms with Gasteiger partial charge >= 0.3 is 0 Å². The zero-order valence-corrected chi connectivity index (χ0v) is 11.0. The summed E-state index contributed by atoms with van der Waals surface area (Å²) in [6.45, 7) is 3.13. The fourth-order valence-electron chi connectivity index (χ4n) is 1.97. The molecule has 0 aliphatic rings. The quantitative estimate of drug-likeness (QED) is 0.728. The molecule has 0 aliphatic carbocycles. The molecule has 2 aromatic heterocycles. The minimum atomic E-state index is 0.916. The topological polar surface area (TPSA) is 59.4 Å². The van der Waals surface area contributed by atoms with Crippen molar-refractivity contribution in [3.63, 3.8) is 0 Å². The average molecular weight is 247 g/mol. The summed E-state index contributed by atoms with van der Waals surface area (Å²) in [6, 6.07) is 0. The standard InChI is InChI=1S/C13H21N5/c1-2-3-4-6-13-10-18(17-16-13)8-5-7-12-9-14-11-15-12/h9-11H,2-8H2,1H3,(H,14,15). The summed E-state index contributed by atoms with van der Waals surface area (Å²) < 4.78 is 1.94. The first-order valence-corrected chi connectivity index (χ1v) is 6.74. The summed E-state index contributed by atoms with van der Waals surface area (Å²) >= 11 is 0. The van der Waals surface area contributed by atoms with Crippen LogP contribution in [0.15, 0.2) is 18.7 Å². The van der Waals surface area contributed by atoms with Crippen molar-refractivity contribution in [2.75, 3.05) is 0 Å². The van der Waals surface area contributed by atoms with Gasteiger partial charge in [-0.15, -0.1) is 5.10 Å². The molecule has 5 heteroatoms. The summed E-state index contributed by atoms with van der Waals surface area (Å²) in [5, 5.41) is 8.35. The SMILES string of the molecule is CCCCCc1cn(CCCc2cnc[nH]2)nn1. The highest BCUT2D eigenvalue weighted by Gasteiger charge is 2.01. The van der Waals surface area contributed by atoms with Crippen molar-refractivity contribution in [3.05, 3.63) is 30.1 Å². The number of hydrogen-bond acceptors (Lipinski definition) is 3. The second kappa shape index (κ2) is 6.93. The van der Waals surface area contributed by atoms with Crippen LogP contribution in [-0.4, -0.2) is 25.0 Å². The highest BCUT2D eigenvalue weighted by Crippen LogP contribution is 2.04. The Morgan fingerprint density at radius 2 is 2.17 bits per heavy atom. The predicted molar refractivity (Wildman–Crippen MR) is 70.2 cm³/mol. The number of unbranched alkanes of at least 4 members (excludes halogenated alkanes) is 2. The Morgan fingerprint density at radius 3 is 2.94 bits per heavy atom. The van der Waals surface area contributed by atoms with Gasteiger partial charge in [-0.25, -0.2) is 4.98 Å². The maximum atomic E-state index is 4.20. The van der Waals surface area contributed by atoms with Gasteiger partial charge in [0.15, 0.2) is 0 Å². The van der Waals surface area contributed by atoms with Crippen molar-refractivity contribution in [3.8, 4) is 0 Å². The summed E-state index contributed by atoms with van der Waals surface area (Å²) in [4.78, 5) is 7.11. The molecule has 0 aromatic carbocycles. The maximum Gasteiger partial charge on any atom is 0.0921 e. The number of rotatable bonds is 8. The Labute approximate surface area is 108 Å². The van der Waals surface area contributed by atoms with Crippen LogP contribution in [0.1, 0.15) is 44.0 Å². The van der Waals surface area contributed by atoms with Crippen LogP contribution in [0.5, 0.6) is 0 Å². The molecule has 5 nitrogen and oxygen atoms in total. The van der Waals surface area contributed by atoms with E-state index in [1.54, 1.807) is 6.33 Å². The van der Waals surface area contributed by atoms with Crippen LogP contribution in [0.25, 0.3) is 0 Å². The summed E-state index contributed by atoms with van der Waals surface area (Å²) in [6.07, 6.45) is 12.5. The molecule has 0 fully saturated rings. The molecular formula is C13H21N5. The monoisotopic (exact) mass is 247 g/mol. The van der Waals surface area contributed by atoms with E-state index < -0.39 is 0 Å². The molecule has 0 bridgehead atoms. The smallest absolute Gasteiger partial charge is 0.0921 e. The number of imidazole rings is 1. The fraction of sp³-hybridized carbons (Fsp3) is 0.615. The van der Waals surface area contributed by atoms with Crippen LogP contribution in [0.4, 0.5) is 0 Å². The van der Waals surface area contributed by atoms with E-state index >= 15 is 0 Å². The third-order valence-corrected chi connectivity index (χ3v) is 3.01. The number of aryl methyl sites for hydroxylation is 3. The molecule has 0 saturated heterocycles. The third-order valence-electron chi connectivity index (χ3n) is 3.01. The lowest BCUT2D eigenvalue weighted by atomic mass is 10.2. The van der Waals surface area contributed by atoms with Crippen molar-refractivity contribution in [2.24, 2.45) is 0 Å². The summed E-state index contributed by atoms with van der Waals surface area (Å²) in [5.74, 6) is 0. The number of aromatic nitrogens is 5. The second-order valence-electron chi connectivity index (χ2n) is 4.61. The van der Waals surface area contributed by atoms with Crippen LogP contribution in [0.3, 0.4) is 0 Å². The van der Waals surface area contributed by atoms with Crippen molar-refractivity contribution < 1.29 is 0 Å². The zero-order valence-electron chi connectivity index (χ0n) is 11.0. The molecule has 0 amide bonds. The van der Waals surface area contributed by atoms with Crippen LogP contribution in [-0.2, 0) is 19.4 Å². The zero-order chi connectivity index (χ0) is 12.6. The van der Waals surface area contributed by atoms with Crippen LogP contribution >= 0.6 is 0 Å². The lowest BCUT2D eigenvalue weighted by Crippen LogP contribution is -2.00. The molecule has 2 aromatic rings. The van der Waals surface area contributed by atoms with Gasteiger partial charge in [0.05, 0.1) is 12.0 Å². The van der Waals surface area contributed by atoms with E-state index in [4.69, 9.17) is 0 Å². The van der Waals surface area contributed by atoms with Gasteiger partial charge in [0.25, 0.3) is 0 Å². The largest absolute Gasteiger partial charge is 0.348 e. The van der Waals surface area contributed by atoms with Gasteiger partial charge in [0, 0.05) is 24.6 Å². The van der Waals surface area contributed by atoms with Crippen LogP contribution in [0.2, 0.25) is 0 Å². The van der Waals surface area contributed by atoms with Gasteiger partial charge in [0.2, 0.25) is 0 Å². The maximum absolute atomic E-state index is 4.20. The molecule has 98 valence electrons. The lowest BCUT2D eigenvalue weighted by molar-refractivity contribution is 0.556. The van der Waals surface area contributed by atoms with Crippen LogP contribution < -0.4 is 0 Å². The van der Waals surface area contributed by atoms with Gasteiger partial charge < -0.3 is 4.98 Å². The van der Waals surface area contributed by atoms with E-state index in [1.165, 1.54) is 25.0 Å². The van der Waals surface area contributed by atoms with Gasteiger partial charge in [-0.2, -0.15) is 0 Å². The highest BCUT2D eigenvalue weighted by atomic mass is 15.4. The molecule has 0 spiro atoms. The number of H-pyrrole nitrogens is 1. The third kappa shape index (κ3) is 3.98. The fourth-order valence-corrected chi connectivity index (χ4v) is 1.97. The van der Waals surface area contributed by atoms with E-state index in [-0.39, 0.29) is 0 Å². The van der Waals surface area contributed by atoms with E-state index in [0.29, 0.717) is 0 Å². The molecule has 0 saturated carbocycles. The normalized spacial score (nSPS) is 10.9. The molecule has 2 heterocycles. The molecule has 0 radical (unpaired) electrons. The molecular weight excluding hydrogens is 226 g/mol. The van der Waals surface area contributed by atoms with E-state index in [0.717, 1.165) is 31.5 Å². The molecule has 0 aliphatic heterocycles. The number of hydrogen-bond donors (Lipinski definition) is 1. The Kier molecular flexibility index (Phi) is 4.93. The van der Waals surface area contributed by atoms with E-state index in [2.05, 4.69) is 33.4 Å². The number of aromatic amines is 1. The van der Waals surface area contributed by atoms with Crippen molar-refractivity contribution in [1.82, 2.24) is 25.0 Å². The van der Waals surface area contributed by atoms with Gasteiger partial charge in [0.1, 0.15) is 0 Å². The molecule has 0 atom stereocenters. The number of nitrogens with zero attached hydrogens (tertiary/aromatic N) is 4. The van der Waals surface area contributed by atoms with Gasteiger partial charge in [-0.3, -0.25) is 4.68 Å². The van der Waals surface area contributed by atoms with Crippen molar-refractivity contribution in [1.29, 1.82) is 0 Å². The van der Waals surface area contributed by atoms with Crippen molar-refractivity contribution in [2.45, 2.75) is 52.0 Å². The summed E-state index contributed by atoms with van der Waals surface area (Å²) in [7, 11) is 0.